The van der Waals surface area contributed by atoms with Gasteiger partial charge in [0.05, 0.1) is 17.2 Å². The minimum Gasteiger partial charge on any atom is -0.493 e. The molecular formula is C20H16Cl2N2O5S. The standard InChI is InChI=1S/C20H16Cl2N2O5S/c1-27-16-10-11(8-12-18(25)23-20(30)24-19(12)26)9-14(22)17(16)29-7-6-28-15-5-3-2-4-13(15)21/h2-5,8-10H,6-7H2,1H3,(H2,23,24,25,26,30). The number of hydrogen-bond donors (Lipinski definition) is 2. The van der Waals surface area contributed by atoms with Crippen LogP contribution >= 0.6 is 35.4 Å². The quantitative estimate of drug-likeness (QED) is 0.281. The van der Waals surface area contributed by atoms with Crippen molar-refractivity contribution in [3.8, 4) is 17.2 Å². The van der Waals surface area contributed by atoms with E-state index in [1.807, 2.05) is 12.1 Å². The Morgan fingerprint density at radius 3 is 2.30 bits per heavy atom. The van der Waals surface area contributed by atoms with Gasteiger partial charge in [-0.05, 0) is 48.1 Å². The van der Waals surface area contributed by atoms with Crippen molar-refractivity contribution in [3.05, 3.63) is 57.6 Å². The first-order valence-corrected chi connectivity index (χ1v) is 9.81. The molecular weight excluding hydrogens is 451 g/mol. The highest BCUT2D eigenvalue weighted by atomic mass is 35.5. The lowest BCUT2D eigenvalue weighted by atomic mass is 10.1. The van der Waals surface area contributed by atoms with E-state index < -0.39 is 11.8 Å². The zero-order valence-corrected chi connectivity index (χ0v) is 18.0. The molecule has 30 heavy (non-hydrogen) atoms. The Morgan fingerprint density at radius 2 is 1.63 bits per heavy atom. The van der Waals surface area contributed by atoms with E-state index in [1.54, 1.807) is 24.3 Å². The molecule has 0 aliphatic carbocycles. The van der Waals surface area contributed by atoms with Gasteiger partial charge in [-0.3, -0.25) is 20.2 Å². The molecule has 2 aromatic carbocycles. The maximum absolute atomic E-state index is 12.0. The summed E-state index contributed by atoms with van der Waals surface area (Å²) in [6.45, 7) is 0.416. The zero-order chi connectivity index (χ0) is 21.7. The van der Waals surface area contributed by atoms with Gasteiger partial charge in [-0.2, -0.15) is 0 Å². The van der Waals surface area contributed by atoms with Crippen molar-refractivity contribution >= 4 is 58.4 Å². The van der Waals surface area contributed by atoms with Crippen molar-refractivity contribution in [1.29, 1.82) is 0 Å². The minimum absolute atomic E-state index is 0.0412. The van der Waals surface area contributed by atoms with Crippen molar-refractivity contribution in [3.63, 3.8) is 0 Å². The fourth-order valence-corrected chi connectivity index (χ4v) is 3.24. The highest BCUT2D eigenvalue weighted by Crippen LogP contribution is 2.37. The number of amides is 2. The molecule has 1 aliphatic heterocycles. The number of para-hydroxylation sites is 1. The molecule has 156 valence electrons. The minimum atomic E-state index is -0.601. The fraction of sp³-hybridized carbons (Fsp3) is 0.150. The summed E-state index contributed by atoms with van der Waals surface area (Å²) >= 11 is 17.2. The van der Waals surface area contributed by atoms with Gasteiger partial charge in [0, 0.05) is 0 Å². The van der Waals surface area contributed by atoms with Gasteiger partial charge in [-0.15, -0.1) is 0 Å². The van der Waals surface area contributed by atoms with Crippen LogP contribution in [0.25, 0.3) is 6.08 Å². The lowest BCUT2D eigenvalue weighted by Crippen LogP contribution is -2.51. The Morgan fingerprint density at radius 1 is 0.967 bits per heavy atom. The Balaban J connectivity index is 1.72. The molecule has 1 heterocycles. The van der Waals surface area contributed by atoms with Crippen molar-refractivity contribution in [2.45, 2.75) is 0 Å². The SMILES string of the molecule is COc1cc(C=C2C(=O)NC(=S)NC2=O)cc(Cl)c1OCCOc1ccccc1Cl. The Bertz CT molecular complexity index is 1020. The van der Waals surface area contributed by atoms with Gasteiger partial charge in [0.15, 0.2) is 16.6 Å². The average Bonchev–Trinajstić information content (AvgIpc) is 2.70. The highest BCUT2D eigenvalue weighted by Gasteiger charge is 2.26. The molecule has 2 amide bonds. The Labute approximate surface area is 187 Å². The summed E-state index contributed by atoms with van der Waals surface area (Å²) in [5, 5.41) is 5.44. The average molecular weight is 467 g/mol. The number of thiocarbonyl (C=S) groups is 1. The van der Waals surface area contributed by atoms with Gasteiger partial charge >= 0.3 is 0 Å². The lowest BCUT2D eigenvalue weighted by molar-refractivity contribution is -0.123. The summed E-state index contributed by atoms with van der Waals surface area (Å²) in [5.74, 6) is -0.0138. The van der Waals surface area contributed by atoms with E-state index in [4.69, 9.17) is 49.6 Å². The van der Waals surface area contributed by atoms with Gasteiger partial charge in [-0.25, -0.2) is 0 Å². The van der Waals surface area contributed by atoms with Crippen LogP contribution in [0.5, 0.6) is 17.2 Å². The molecule has 10 heteroatoms. The number of benzene rings is 2. The predicted octanol–water partition coefficient (Wildman–Crippen LogP) is 3.37. The van der Waals surface area contributed by atoms with Crippen LogP contribution in [0.2, 0.25) is 10.0 Å². The number of ether oxygens (including phenoxy) is 3. The second-order valence-electron chi connectivity index (χ2n) is 5.96. The summed E-state index contributed by atoms with van der Waals surface area (Å²) in [7, 11) is 1.45. The molecule has 2 N–H and O–H groups in total. The normalized spacial score (nSPS) is 13.4. The number of carbonyl (C=O) groups excluding carboxylic acids is 2. The number of carbonyl (C=O) groups is 2. The smallest absolute Gasteiger partial charge is 0.263 e. The Kier molecular flexibility index (Phi) is 7.15. The summed E-state index contributed by atoms with van der Waals surface area (Å²) < 4.78 is 16.6. The topological polar surface area (TPSA) is 85.9 Å². The molecule has 0 bridgehead atoms. The van der Waals surface area contributed by atoms with Gasteiger partial charge in [0.25, 0.3) is 11.8 Å². The van der Waals surface area contributed by atoms with Gasteiger partial charge in [-0.1, -0.05) is 35.3 Å². The number of nitrogens with one attached hydrogen (secondary N) is 2. The third kappa shape index (κ3) is 5.21. The van der Waals surface area contributed by atoms with E-state index in [9.17, 15) is 9.59 Å². The summed E-state index contributed by atoms with van der Waals surface area (Å²) in [5.41, 5.74) is 0.369. The van der Waals surface area contributed by atoms with Crippen LogP contribution < -0.4 is 24.8 Å². The maximum Gasteiger partial charge on any atom is 0.263 e. The zero-order valence-electron chi connectivity index (χ0n) is 15.7. The molecule has 1 fully saturated rings. The van der Waals surface area contributed by atoms with Crippen LogP contribution in [0, 0.1) is 0 Å². The van der Waals surface area contributed by atoms with E-state index in [-0.39, 0.29) is 28.9 Å². The van der Waals surface area contributed by atoms with Crippen LogP contribution in [-0.4, -0.2) is 37.3 Å². The summed E-state index contributed by atoms with van der Waals surface area (Å²) in [6.07, 6.45) is 1.38. The molecule has 0 spiro atoms. The molecule has 0 saturated carbocycles. The van der Waals surface area contributed by atoms with E-state index in [1.165, 1.54) is 13.2 Å². The molecule has 1 saturated heterocycles. The van der Waals surface area contributed by atoms with Crippen LogP contribution in [0.4, 0.5) is 0 Å². The first kappa shape index (κ1) is 21.9. The third-order valence-electron chi connectivity index (χ3n) is 3.93. The molecule has 2 aromatic rings. The van der Waals surface area contributed by atoms with Crippen molar-refractivity contribution in [2.75, 3.05) is 20.3 Å². The number of rotatable bonds is 7. The first-order chi connectivity index (χ1) is 14.4. The third-order valence-corrected chi connectivity index (χ3v) is 4.73. The van der Waals surface area contributed by atoms with Crippen molar-refractivity contribution in [2.24, 2.45) is 0 Å². The van der Waals surface area contributed by atoms with Gasteiger partial charge in [0.2, 0.25) is 0 Å². The predicted molar refractivity (Wildman–Crippen MR) is 117 cm³/mol. The van der Waals surface area contributed by atoms with Crippen LogP contribution in [0.3, 0.4) is 0 Å². The monoisotopic (exact) mass is 466 g/mol. The summed E-state index contributed by atoms with van der Waals surface area (Å²) in [4.78, 5) is 24.0. The number of hydrogen-bond acceptors (Lipinski definition) is 6. The van der Waals surface area contributed by atoms with Crippen molar-refractivity contribution < 1.29 is 23.8 Å². The lowest BCUT2D eigenvalue weighted by Gasteiger charge is -2.17. The second kappa shape index (κ2) is 9.80. The van der Waals surface area contributed by atoms with Gasteiger partial charge < -0.3 is 14.2 Å². The van der Waals surface area contributed by atoms with Crippen molar-refractivity contribution in [1.82, 2.24) is 10.6 Å². The van der Waals surface area contributed by atoms with E-state index in [0.29, 0.717) is 27.8 Å². The fourth-order valence-electron chi connectivity index (χ4n) is 2.59. The largest absolute Gasteiger partial charge is 0.493 e. The van der Waals surface area contributed by atoms with Gasteiger partial charge in [0.1, 0.15) is 24.5 Å². The summed E-state index contributed by atoms with van der Waals surface area (Å²) in [6, 6.07) is 10.2. The molecule has 0 aromatic heterocycles. The number of halogens is 2. The van der Waals surface area contributed by atoms with Crippen LogP contribution in [0.15, 0.2) is 42.0 Å². The highest BCUT2D eigenvalue weighted by molar-refractivity contribution is 7.80. The van der Waals surface area contributed by atoms with Crippen LogP contribution in [-0.2, 0) is 9.59 Å². The first-order valence-electron chi connectivity index (χ1n) is 8.65. The second-order valence-corrected chi connectivity index (χ2v) is 7.18. The molecule has 1 aliphatic rings. The molecule has 0 atom stereocenters. The molecule has 3 rings (SSSR count). The molecule has 0 radical (unpaired) electrons. The van der Waals surface area contributed by atoms with E-state index in [0.717, 1.165) is 0 Å². The molecule has 7 nitrogen and oxygen atoms in total. The van der Waals surface area contributed by atoms with Crippen LogP contribution in [0.1, 0.15) is 5.56 Å². The van der Waals surface area contributed by atoms with E-state index in [2.05, 4.69) is 10.6 Å². The maximum atomic E-state index is 12.0. The van der Waals surface area contributed by atoms with E-state index >= 15 is 0 Å². The Hall–Kier alpha value is -2.81. The number of methoxy groups -OCH3 is 1. The molecule has 0 unspecified atom stereocenters.